The maximum atomic E-state index is 12.9. The van der Waals surface area contributed by atoms with Crippen molar-refractivity contribution in [3.8, 4) is 22.8 Å². The van der Waals surface area contributed by atoms with E-state index in [1.165, 1.54) is 24.1 Å². The number of ether oxygens (including phenoxy) is 1. The highest BCUT2D eigenvalue weighted by Gasteiger charge is 2.30. The summed E-state index contributed by atoms with van der Waals surface area (Å²) in [5.41, 5.74) is 1.46. The van der Waals surface area contributed by atoms with Crippen molar-refractivity contribution in [1.29, 1.82) is 0 Å². The highest BCUT2D eigenvalue weighted by atomic mass is 32.2. The van der Waals surface area contributed by atoms with E-state index < -0.39 is 11.7 Å². The number of hydrogen-bond donors (Lipinski definition) is 2. The SMILES string of the molecule is CNSc1ccc(Oc2cccc(C(F)(F)F)c2)c(-c2cc(C)[nH]n2)c1. The quantitative estimate of drug-likeness (QED) is 0.581. The van der Waals surface area contributed by atoms with Crippen LogP contribution in [0.25, 0.3) is 11.3 Å². The second kappa shape index (κ2) is 7.43. The van der Waals surface area contributed by atoms with E-state index in [2.05, 4.69) is 14.9 Å². The van der Waals surface area contributed by atoms with Crippen LogP contribution in [0, 0.1) is 6.92 Å². The molecule has 26 heavy (non-hydrogen) atoms. The average molecular weight is 379 g/mol. The van der Waals surface area contributed by atoms with Gasteiger partial charge < -0.3 is 4.74 Å². The Labute approximate surface area is 152 Å². The predicted octanol–water partition coefficient (Wildman–Crippen LogP) is 5.42. The van der Waals surface area contributed by atoms with Crippen molar-refractivity contribution in [2.45, 2.75) is 18.0 Å². The minimum Gasteiger partial charge on any atom is -0.457 e. The molecule has 0 unspecified atom stereocenters. The summed E-state index contributed by atoms with van der Waals surface area (Å²) in [6.07, 6.45) is -4.42. The Hall–Kier alpha value is -2.45. The summed E-state index contributed by atoms with van der Waals surface area (Å²) in [5, 5.41) is 7.09. The van der Waals surface area contributed by atoms with E-state index in [-0.39, 0.29) is 5.75 Å². The van der Waals surface area contributed by atoms with E-state index >= 15 is 0 Å². The highest BCUT2D eigenvalue weighted by molar-refractivity contribution is 7.97. The lowest BCUT2D eigenvalue weighted by Gasteiger charge is -2.13. The van der Waals surface area contributed by atoms with Gasteiger partial charge >= 0.3 is 6.18 Å². The Kier molecular flexibility index (Phi) is 5.24. The van der Waals surface area contributed by atoms with Crippen LogP contribution in [0.1, 0.15) is 11.3 Å². The van der Waals surface area contributed by atoms with Gasteiger partial charge in [0.25, 0.3) is 0 Å². The maximum absolute atomic E-state index is 12.9. The lowest BCUT2D eigenvalue weighted by atomic mass is 10.1. The number of benzene rings is 2. The van der Waals surface area contributed by atoms with Gasteiger partial charge in [-0.15, -0.1) is 0 Å². The van der Waals surface area contributed by atoms with Crippen molar-refractivity contribution < 1.29 is 17.9 Å². The molecular formula is C18H16F3N3OS. The molecule has 0 amide bonds. The van der Waals surface area contributed by atoms with Gasteiger partial charge in [0, 0.05) is 16.2 Å². The normalized spacial score (nSPS) is 11.6. The molecule has 0 aliphatic carbocycles. The van der Waals surface area contributed by atoms with Crippen LogP contribution in [0.5, 0.6) is 11.5 Å². The van der Waals surface area contributed by atoms with E-state index in [1.54, 1.807) is 13.1 Å². The van der Waals surface area contributed by atoms with Gasteiger partial charge in [-0.25, -0.2) is 0 Å². The van der Waals surface area contributed by atoms with Crippen LogP contribution < -0.4 is 9.46 Å². The van der Waals surface area contributed by atoms with Gasteiger partial charge in [0.05, 0.1) is 11.3 Å². The molecule has 0 saturated heterocycles. The molecule has 0 atom stereocenters. The molecule has 0 bridgehead atoms. The van der Waals surface area contributed by atoms with Crippen molar-refractivity contribution in [1.82, 2.24) is 14.9 Å². The molecule has 2 N–H and O–H groups in total. The van der Waals surface area contributed by atoms with Crippen LogP contribution in [-0.4, -0.2) is 17.2 Å². The molecule has 1 aromatic heterocycles. The molecule has 1 heterocycles. The van der Waals surface area contributed by atoms with Crippen molar-refractivity contribution in [3.63, 3.8) is 0 Å². The largest absolute Gasteiger partial charge is 0.457 e. The summed E-state index contributed by atoms with van der Waals surface area (Å²) < 4.78 is 47.5. The number of nitrogens with one attached hydrogen (secondary N) is 2. The molecule has 3 aromatic rings. The minimum atomic E-state index is -4.42. The standard InChI is InChI=1S/C18H16F3N3OS/c1-11-8-16(24-23-11)15-10-14(26-22-2)6-7-17(15)25-13-5-3-4-12(9-13)18(19,20)21/h3-10,22H,1-2H3,(H,23,24). The molecule has 0 radical (unpaired) electrons. The molecule has 2 aromatic carbocycles. The number of nitrogens with zero attached hydrogens (tertiary/aromatic N) is 1. The zero-order chi connectivity index (χ0) is 18.7. The fraction of sp³-hybridized carbons (Fsp3) is 0.167. The zero-order valence-corrected chi connectivity index (χ0v) is 14.8. The van der Waals surface area contributed by atoms with Crippen molar-refractivity contribution in [2.24, 2.45) is 0 Å². The second-order valence-electron chi connectivity index (χ2n) is 5.53. The van der Waals surface area contributed by atoms with Crippen LogP contribution in [-0.2, 0) is 6.18 Å². The summed E-state index contributed by atoms with van der Waals surface area (Å²) in [6, 6.07) is 12.1. The van der Waals surface area contributed by atoms with Gasteiger partial charge in [-0.1, -0.05) is 6.07 Å². The molecule has 0 aliphatic rings. The van der Waals surface area contributed by atoms with E-state index in [0.29, 0.717) is 17.0 Å². The molecule has 0 aliphatic heterocycles. The molecule has 0 saturated carbocycles. The first kappa shape index (κ1) is 18.3. The Morgan fingerprint density at radius 2 is 1.92 bits per heavy atom. The fourth-order valence-electron chi connectivity index (χ4n) is 2.40. The van der Waals surface area contributed by atoms with E-state index in [9.17, 15) is 13.2 Å². The van der Waals surface area contributed by atoms with E-state index in [4.69, 9.17) is 4.74 Å². The summed E-state index contributed by atoms with van der Waals surface area (Å²) in [6.45, 7) is 1.87. The molecule has 0 spiro atoms. The van der Waals surface area contributed by atoms with Gasteiger partial charge in [0.1, 0.15) is 11.5 Å². The summed E-state index contributed by atoms with van der Waals surface area (Å²) >= 11 is 1.42. The summed E-state index contributed by atoms with van der Waals surface area (Å²) in [7, 11) is 1.80. The first-order valence-electron chi connectivity index (χ1n) is 7.72. The molecule has 8 heteroatoms. The molecule has 136 valence electrons. The molecular weight excluding hydrogens is 363 g/mol. The number of aryl methyl sites for hydroxylation is 1. The monoisotopic (exact) mass is 379 g/mol. The van der Waals surface area contributed by atoms with Crippen molar-refractivity contribution >= 4 is 11.9 Å². The third-order valence-electron chi connectivity index (χ3n) is 3.54. The van der Waals surface area contributed by atoms with Gasteiger partial charge in [-0.3, -0.25) is 9.82 Å². The van der Waals surface area contributed by atoms with Crippen LogP contribution >= 0.6 is 11.9 Å². The lowest BCUT2D eigenvalue weighted by Crippen LogP contribution is -2.04. The second-order valence-corrected chi connectivity index (χ2v) is 6.61. The third-order valence-corrected chi connectivity index (χ3v) is 4.24. The number of hydrogen-bond acceptors (Lipinski definition) is 4. The van der Waals surface area contributed by atoms with E-state index in [0.717, 1.165) is 22.7 Å². The number of aromatic nitrogens is 2. The Bertz CT molecular complexity index is 909. The first-order valence-corrected chi connectivity index (χ1v) is 8.53. The Morgan fingerprint density at radius 1 is 1.12 bits per heavy atom. The maximum Gasteiger partial charge on any atom is 0.416 e. The van der Waals surface area contributed by atoms with Crippen LogP contribution in [0.2, 0.25) is 0 Å². The highest BCUT2D eigenvalue weighted by Crippen LogP contribution is 2.37. The van der Waals surface area contributed by atoms with Crippen molar-refractivity contribution in [2.75, 3.05) is 7.05 Å². The topological polar surface area (TPSA) is 49.9 Å². The van der Waals surface area contributed by atoms with Crippen molar-refractivity contribution in [3.05, 3.63) is 59.8 Å². The summed E-state index contributed by atoms with van der Waals surface area (Å²) in [5.74, 6) is 0.540. The fourth-order valence-corrected chi connectivity index (χ4v) is 2.95. The zero-order valence-electron chi connectivity index (χ0n) is 14.0. The molecule has 4 nitrogen and oxygen atoms in total. The minimum absolute atomic E-state index is 0.113. The smallest absolute Gasteiger partial charge is 0.416 e. The van der Waals surface area contributed by atoms with Crippen LogP contribution in [0.3, 0.4) is 0 Å². The third kappa shape index (κ3) is 4.20. The number of rotatable bonds is 5. The number of halogens is 3. The predicted molar refractivity (Wildman–Crippen MR) is 95.2 cm³/mol. The summed E-state index contributed by atoms with van der Waals surface area (Å²) in [4.78, 5) is 0.930. The Morgan fingerprint density at radius 3 is 2.58 bits per heavy atom. The van der Waals surface area contributed by atoms with Crippen LogP contribution in [0.15, 0.2) is 53.4 Å². The van der Waals surface area contributed by atoms with Gasteiger partial charge in [-0.05, 0) is 68.4 Å². The molecule has 0 fully saturated rings. The average Bonchev–Trinajstić information content (AvgIpc) is 3.02. The van der Waals surface area contributed by atoms with Crippen LogP contribution in [0.4, 0.5) is 13.2 Å². The van der Waals surface area contributed by atoms with Gasteiger partial charge in [0.15, 0.2) is 0 Å². The Balaban J connectivity index is 1.99. The van der Waals surface area contributed by atoms with E-state index in [1.807, 2.05) is 25.1 Å². The van der Waals surface area contributed by atoms with Gasteiger partial charge in [-0.2, -0.15) is 18.3 Å². The lowest BCUT2D eigenvalue weighted by molar-refractivity contribution is -0.137. The first-order chi connectivity index (χ1) is 12.4. The number of alkyl halides is 3. The van der Waals surface area contributed by atoms with Gasteiger partial charge in [0.2, 0.25) is 0 Å². The number of H-pyrrole nitrogens is 1. The number of aromatic amines is 1. The molecule has 3 rings (SSSR count).